The summed E-state index contributed by atoms with van der Waals surface area (Å²) in [4.78, 5) is 19.3. The van der Waals surface area contributed by atoms with Gasteiger partial charge in [0, 0.05) is 37.0 Å². The van der Waals surface area contributed by atoms with E-state index >= 15 is 0 Å². The molecule has 158 valence electrons. The van der Waals surface area contributed by atoms with E-state index in [-0.39, 0.29) is 17.8 Å². The van der Waals surface area contributed by atoms with Crippen molar-refractivity contribution < 1.29 is 19.7 Å². The van der Waals surface area contributed by atoms with Crippen LogP contribution in [0.3, 0.4) is 0 Å². The van der Waals surface area contributed by atoms with E-state index in [1.165, 1.54) is 24.2 Å². The maximum atomic E-state index is 12.5. The summed E-state index contributed by atoms with van der Waals surface area (Å²) >= 11 is 0. The average Bonchev–Trinajstić information content (AvgIpc) is 2.87. The summed E-state index contributed by atoms with van der Waals surface area (Å²) in [6, 6.07) is 11.3. The van der Waals surface area contributed by atoms with Gasteiger partial charge >= 0.3 is 6.03 Å². The Morgan fingerprint density at radius 3 is 2.50 bits per heavy atom. The predicted molar refractivity (Wildman–Crippen MR) is 115 cm³/mol. The quantitative estimate of drug-likeness (QED) is 0.598. The number of urea groups is 1. The fourth-order valence-electron chi connectivity index (χ4n) is 3.87. The molecule has 8 nitrogen and oxygen atoms in total. The molecule has 0 saturated carbocycles. The van der Waals surface area contributed by atoms with E-state index in [1.54, 1.807) is 19.2 Å². The average molecular weight is 410 g/mol. The second-order valence-corrected chi connectivity index (χ2v) is 7.54. The maximum Gasteiger partial charge on any atom is 0.337 e. The van der Waals surface area contributed by atoms with Gasteiger partial charge in [0.05, 0.1) is 18.9 Å². The molecule has 1 atom stereocenters. The number of rotatable bonds is 4. The molecule has 4 rings (SSSR count). The van der Waals surface area contributed by atoms with E-state index in [0.29, 0.717) is 17.9 Å². The number of hydrogen-bond donors (Lipinski definition) is 2. The zero-order valence-corrected chi connectivity index (χ0v) is 17.4. The number of nitrogens with zero attached hydrogens (tertiary/aromatic N) is 3. The fourth-order valence-corrected chi connectivity index (χ4v) is 3.87. The highest BCUT2D eigenvalue weighted by atomic mass is 17.1. The van der Waals surface area contributed by atoms with Crippen LogP contribution in [0.4, 0.5) is 10.5 Å². The van der Waals surface area contributed by atoms with Crippen LogP contribution in [-0.4, -0.2) is 55.3 Å². The summed E-state index contributed by atoms with van der Waals surface area (Å²) in [5.74, 6) is 0.617. The molecule has 2 amide bonds. The van der Waals surface area contributed by atoms with Crippen molar-refractivity contribution in [3.63, 3.8) is 0 Å². The first-order valence-corrected chi connectivity index (χ1v) is 10.0. The van der Waals surface area contributed by atoms with Gasteiger partial charge in [0.2, 0.25) is 5.75 Å². The first-order valence-electron chi connectivity index (χ1n) is 10.0. The van der Waals surface area contributed by atoms with Crippen molar-refractivity contribution >= 4 is 17.4 Å². The van der Waals surface area contributed by atoms with E-state index in [1.807, 2.05) is 19.1 Å². The van der Waals surface area contributed by atoms with Crippen LogP contribution in [0.1, 0.15) is 30.0 Å². The number of methoxy groups -OCH3 is 1. The minimum Gasteiger partial charge on any atom is -0.493 e. The Labute approximate surface area is 175 Å². The zero-order chi connectivity index (χ0) is 21.3. The first-order chi connectivity index (χ1) is 14.5. The third-order valence-corrected chi connectivity index (χ3v) is 5.67. The van der Waals surface area contributed by atoms with Crippen LogP contribution >= 0.6 is 0 Å². The second-order valence-electron chi connectivity index (χ2n) is 7.54. The molecule has 1 saturated heterocycles. The lowest BCUT2D eigenvalue weighted by Gasteiger charge is -2.33. The Morgan fingerprint density at radius 2 is 1.93 bits per heavy atom. The van der Waals surface area contributed by atoms with Crippen LogP contribution in [0, 0.1) is 0 Å². The molecule has 2 aliphatic rings. The molecule has 0 aromatic heterocycles. The highest BCUT2D eigenvalue weighted by Gasteiger charge is 2.28. The minimum absolute atomic E-state index is 0.193. The number of carbonyl (C=O) groups excluding carboxylic acids is 1. The number of ether oxygens (including phenoxy) is 1. The number of anilines is 1. The normalized spacial score (nSPS) is 18.0. The van der Waals surface area contributed by atoms with Crippen LogP contribution < -0.4 is 19.8 Å². The molecular formula is C22H26N4O4. The molecule has 0 spiro atoms. The van der Waals surface area contributed by atoms with E-state index in [9.17, 15) is 10.1 Å². The summed E-state index contributed by atoms with van der Waals surface area (Å²) in [5, 5.41) is 18.1. The van der Waals surface area contributed by atoms with Crippen LogP contribution in [0.15, 0.2) is 41.5 Å². The fraction of sp³-hybridized carbons (Fsp3) is 0.364. The van der Waals surface area contributed by atoms with E-state index in [4.69, 9.17) is 9.84 Å². The molecule has 0 aliphatic carbocycles. The van der Waals surface area contributed by atoms with Crippen molar-refractivity contribution in [1.82, 2.24) is 10.3 Å². The van der Waals surface area contributed by atoms with Gasteiger partial charge < -0.3 is 19.8 Å². The SMILES string of the molecule is CNC(=O)N1N=C(c2ccc(N3CCC3)cc2)c2cc(OC)c(OO)cc2CC1C. The van der Waals surface area contributed by atoms with E-state index in [0.717, 1.165) is 29.8 Å². The summed E-state index contributed by atoms with van der Waals surface area (Å²) in [6.07, 6.45) is 1.76. The third kappa shape index (κ3) is 3.54. The number of carbonyl (C=O) groups is 1. The van der Waals surface area contributed by atoms with Crippen molar-refractivity contribution in [2.45, 2.75) is 25.8 Å². The summed E-state index contributed by atoms with van der Waals surface area (Å²) < 4.78 is 5.38. The topological polar surface area (TPSA) is 86.6 Å². The maximum absolute atomic E-state index is 12.5. The van der Waals surface area contributed by atoms with Crippen molar-refractivity contribution in [3.8, 4) is 11.5 Å². The number of amides is 2. The van der Waals surface area contributed by atoms with Gasteiger partial charge in [0.15, 0.2) is 5.75 Å². The van der Waals surface area contributed by atoms with Crippen LogP contribution in [0.25, 0.3) is 0 Å². The van der Waals surface area contributed by atoms with Gasteiger partial charge in [0.1, 0.15) is 0 Å². The molecule has 0 radical (unpaired) electrons. The summed E-state index contributed by atoms with van der Waals surface area (Å²) in [6.45, 7) is 4.08. The number of hydrazone groups is 1. The Kier molecular flexibility index (Phi) is 5.50. The lowest BCUT2D eigenvalue weighted by molar-refractivity contribution is -0.139. The molecule has 1 fully saturated rings. The summed E-state index contributed by atoms with van der Waals surface area (Å²) in [5.41, 5.74) is 4.48. The molecule has 2 aromatic carbocycles. The van der Waals surface area contributed by atoms with Crippen LogP contribution in [-0.2, 0) is 6.42 Å². The largest absolute Gasteiger partial charge is 0.493 e. The predicted octanol–water partition coefficient (Wildman–Crippen LogP) is 3.10. The second kappa shape index (κ2) is 8.23. The lowest BCUT2D eigenvalue weighted by atomic mass is 9.94. The molecular weight excluding hydrogens is 384 g/mol. The molecule has 8 heteroatoms. The number of nitrogens with one attached hydrogen (secondary N) is 1. The highest BCUT2D eigenvalue weighted by Crippen LogP contribution is 2.35. The molecule has 2 aliphatic heterocycles. The Bertz CT molecular complexity index is 970. The lowest BCUT2D eigenvalue weighted by Crippen LogP contribution is -2.41. The standard InChI is InChI=1S/C22H26N4O4/c1-14-11-16-12-20(30-28)19(29-3)13-18(16)21(24-26(14)22(27)23-2)15-5-7-17(8-6-15)25-9-4-10-25/h5-8,12-14,28H,4,9-11H2,1-3H3,(H,23,27). The first kappa shape index (κ1) is 20.0. The van der Waals surface area contributed by atoms with E-state index < -0.39 is 0 Å². The third-order valence-electron chi connectivity index (χ3n) is 5.67. The van der Waals surface area contributed by atoms with Crippen molar-refractivity contribution in [3.05, 3.63) is 53.1 Å². The summed E-state index contributed by atoms with van der Waals surface area (Å²) in [7, 11) is 3.10. The van der Waals surface area contributed by atoms with E-state index in [2.05, 4.69) is 27.2 Å². The van der Waals surface area contributed by atoms with Crippen molar-refractivity contribution in [2.75, 3.05) is 32.1 Å². The Hall–Kier alpha value is -3.26. The van der Waals surface area contributed by atoms with Crippen molar-refractivity contribution in [1.29, 1.82) is 0 Å². The van der Waals surface area contributed by atoms with Crippen LogP contribution in [0.5, 0.6) is 11.5 Å². The van der Waals surface area contributed by atoms with Gasteiger partial charge in [-0.2, -0.15) is 5.10 Å². The van der Waals surface area contributed by atoms with Gasteiger partial charge in [-0.25, -0.2) is 15.1 Å². The van der Waals surface area contributed by atoms with Gasteiger partial charge in [-0.15, -0.1) is 0 Å². The molecule has 2 aromatic rings. The number of hydrogen-bond acceptors (Lipinski definition) is 6. The van der Waals surface area contributed by atoms with Gasteiger partial charge in [-0.3, -0.25) is 0 Å². The van der Waals surface area contributed by atoms with Gasteiger partial charge in [-0.1, -0.05) is 12.1 Å². The number of benzene rings is 2. The monoisotopic (exact) mass is 410 g/mol. The van der Waals surface area contributed by atoms with Crippen LogP contribution in [0.2, 0.25) is 0 Å². The molecule has 2 N–H and O–H groups in total. The molecule has 2 heterocycles. The van der Waals surface area contributed by atoms with Crippen molar-refractivity contribution in [2.24, 2.45) is 5.10 Å². The number of fused-ring (bicyclic) bond motifs is 1. The highest BCUT2D eigenvalue weighted by molar-refractivity contribution is 6.14. The minimum atomic E-state index is -0.282. The Balaban J connectivity index is 1.84. The zero-order valence-electron chi connectivity index (χ0n) is 17.4. The smallest absolute Gasteiger partial charge is 0.337 e. The van der Waals surface area contributed by atoms with Gasteiger partial charge in [0.25, 0.3) is 0 Å². The molecule has 1 unspecified atom stereocenters. The van der Waals surface area contributed by atoms with Gasteiger partial charge in [-0.05, 0) is 49.6 Å². The Morgan fingerprint density at radius 1 is 1.20 bits per heavy atom. The molecule has 0 bridgehead atoms. The molecule has 30 heavy (non-hydrogen) atoms.